The molecule has 13 heavy (non-hydrogen) atoms. The maximum absolute atomic E-state index is 10.5. The Morgan fingerprint density at radius 2 is 2.54 bits per heavy atom. The lowest BCUT2D eigenvalue weighted by molar-refractivity contribution is -0.107. The number of thioether (sulfide) groups is 2. The first-order valence-electron chi connectivity index (χ1n) is 4.02. The molecule has 0 N–H and O–H groups in total. The highest BCUT2D eigenvalue weighted by Crippen LogP contribution is 2.48. The molecular formula is C9H9NOS2. The van der Waals surface area contributed by atoms with E-state index in [1.165, 1.54) is 5.56 Å². The molecule has 1 aromatic rings. The van der Waals surface area contributed by atoms with E-state index in [9.17, 15) is 4.79 Å². The minimum absolute atomic E-state index is 0.162. The van der Waals surface area contributed by atoms with Crippen molar-refractivity contribution in [3.63, 3.8) is 0 Å². The third-order valence-corrected chi connectivity index (χ3v) is 5.04. The van der Waals surface area contributed by atoms with Crippen molar-refractivity contribution in [2.75, 3.05) is 5.75 Å². The molecule has 2 atom stereocenters. The van der Waals surface area contributed by atoms with Gasteiger partial charge >= 0.3 is 0 Å². The van der Waals surface area contributed by atoms with E-state index in [2.05, 4.69) is 11.1 Å². The van der Waals surface area contributed by atoms with E-state index < -0.39 is 0 Å². The maximum atomic E-state index is 10.5. The molecule has 0 aliphatic carbocycles. The van der Waals surface area contributed by atoms with E-state index in [1.54, 1.807) is 18.0 Å². The molecule has 0 amide bonds. The number of hydrogen-bond acceptors (Lipinski definition) is 4. The fourth-order valence-electron chi connectivity index (χ4n) is 1.18. The SMILES string of the molecule is O=CC1CSC(c2cccnc2)S1. The number of carbonyl (C=O) groups is 1. The molecule has 1 aromatic heterocycles. The van der Waals surface area contributed by atoms with Gasteiger partial charge in [0.25, 0.3) is 0 Å². The number of hydrogen-bond donors (Lipinski definition) is 0. The van der Waals surface area contributed by atoms with Crippen LogP contribution in [0.5, 0.6) is 0 Å². The van der Waals surface area contributed by atoms with E-state index >= 15 is 0 Å². The van der Waals surface area contributed by atoms with Crippen LogP contribution in [0.15, 0.2) is 24.5 Å². The summed E-state index contributed by atoms with van der Waals surface area (Å²) < 4.78 is 0.392. The normalized spacial score (nSPS) is 27.4. The average Bonchev–Trinajstić information content (AvgIpc) is 2.67. The second-order valence-electron chi connectivity index (χ2n) is 2.76. The maximum Gasteiger partial charge on any atom is 0.133 e. The predicted octanol–water partition coefficient (Wildman–Crippen LogP) is 2.13. The van der Waals surface area contributed by atoms with Crippen LogP contribution in [0.3, 0.4) is 0 Å². The number of carbonyl (C=O) groups excluding carboxylic acids is 1. The first-order valence-corrected chi connectivity index (χ1v) is 6.01. The van der Waals surface area contributed by atoms with E-state index in [0.29, 0.717) is 4.58 Å². The molecule has 68 valence electrons. The summed E-state index contributed by atoms with van der Waals surface area (Å²) in [6.45, 7) is 0. The summed E-state index contributed by atoms with van der Waals surface area (Å²) in [6.07, 6.45) is 4.68. The zero-order chi connectivity index (χ0) is 9.10. The molecule has 1 saturated heterocycles. The Labute approximate surface area is 85.5 Å². The van der Waals surface area contributed by atoms with Crippen LogP contribution in [-0.2, 0) is 4.79 Å². The van der Waals surface area contributed by atoms with E-state index in [-0.39, 0.29) is 5.25 Å². The van der Waals surface area contributed by atoms with Crippen molar-refractivity contribution in [3.8, 4) is 0 Å². The molecule has 1 fully saturated rings. The molecule has 1 aliphatic rings. The smallest absolute Gasteiger partial charge is 0.133 e. The first-order chi connectivity index (χ1) is 6.40. The summed E-state index contributed by atoms with van der Waals surface area (Å²) in [5.41, 5.74) is 1.21. The van der Waals surface area contributed by atoms with Crippen molar-refractivity contribution >= 4 is 29.8 Å². The summed E-state index contributed by atoms with van der Waals surface area (Å²) in [6, 6.07) is 4.00. The van der Waals surface area contributed by atoms with Gasteiger partial charge in [-0.1, -0.05) is 6.07 Å². The summed E-state index contributed by atoms with van der Waals surface area (Å²) >= 11 is 3.54. The Morgan fingerprint density at radius 3 is 3.15 bits per heavy atom. The minimum Gasteiger partial charge on any atom is -0.302 e. The number of pyridine rings is 1. The van der Waals surface area contributed by atoms with E-state index in [4.69, 9.17) is 0 Å². The topological polar surface area (TPSA) is 30.0 Å². The number of nitrogens with zero attached hydrogens (tertiary/aromatic N) is 1. The third kappa shape index (κ3) is 2.06. The largest absolute Gasteiger partial charge is 0.302 e. The van der Waals surface area contributed by atoms with Gasteiger partial charge in [-0.3, -0.25) is 4.98 Å². The quantitative estimate of drug-likeness (QED) is 0.701. The fraction of sp³-hybridized carbons (Fsp3) is 0.333. The zero-order valence-electron chi connectivity index (χ0n) is 6.92. The fourth-order valence-corrected chi connectivity index (χ4v) is 4.16. The Bertz CT molecular complexity index is 291. The van der Waals surface area contributed by atoms with Crippen LogP contribution in [0.2, 0.25) is 0 Å². The van der Waals surface area contributed by atoms with Gasteiger partial charge in [0.05, 0.1) is 9.83 Å². The lowest BCUT2D eigenvalue weighted by atomic mass is 10.3. The molecule has 2 rings (SSSR count). The second kappa shape index (κ2) is 4.15. The van der Waals surface area contributed by atoms with E-state index in [0.717, 1.165) is 12.0 Å². The van der Waals surface area contributed by atoms with Crippen molar-refractivity contribution in [1.29, 1.82) is 0 Å². The monoisotopic (exact) mass is 211 g/mol. The lowest BCUT2D eigenvalue weighted by Crippen LogP contribution is -2.00. The summed E-state index contributed by atoms with van der Waals surface area (Å²) in [7, 11) is 0. The van der Waals surface area contributed by atoms with Crippen molar-refractivity contribution in [3.05, 3.63) is 30.1 Å². The average molecular weight is 211 g/mol. The highest BCUT2D eigenvalue weighted by molar-refractivity contribution is 8.20. The van der Waals surface area contributed by atoms with Gasteiger partial charge < -0.3 is 4.79 Å². The Balaban J connectivity index is 2.08. The first kappa shape index (κ1) is 9.09. The van der Waals surface area contributed by atoms with Gasteiger partial charge in [0, 0.05) is 18.1 Å². The van der Waals surface area contributed by atoms with Gasteiger partial charge in [-0.2, -0.15) is 0 Å². The highest BCUT2D eigenvalue weighted by Gasteiger charge is 2.26. The van der Waals surface area contributed by atoms with Gasteiger partial charge in [0.2, 0.25) is 0 Å². The van der Waals surface area contributed by atoms with Gasteiger partial charge in [0.15, 0.2) is 0 Å². The van der Waals surface area contributed by atoms with Crippen LogP contribution in [-0.4, -0.2) is 22.3 Å². The molecule has 0 bridgehead atoms. The van der Waals surface area contributed by atoms with Crippen molar-refractivity contribution in [2.45, 2.75) is 9.83 Å². The lowest BCUT2D eigenvalue weighted by Gasteiger charge is -2.06. The number of aldehydes is 1. The molecule has 0 spiro atoms. The molecule has 0 saturated carbocycles. The van der Waals surface area contributed by atoms with Gasteiger partial charge in [0.1, 0.15) is 6.29 Å². The van der Waals surface area contributed by atoms with Crippen LogP contribution in [0.25, 0.3) is 0 Å². The summed E-state index contributed by atoms with van der Waals surface area (Å²) in [4.78, 5) is 14.6. The van der Waals surface area contributed by atoms with Gasteiger partial charge in [-0.15, -0.1) is 23.5 Å². The van der Waals surface area contributed by atoms with Crippen molar-refractivity contribution < 1.29 is 4.79 Å². The van der Waals surface area contributed by atoms with Crippen LogP contribution in [0.1, 0.15) is 10.1 Å². The molecule has 1 aliphatic heterocycles. The standard InChI is InChI=1S/C9H9NOS2/c11-5-8-6-12-9(13-8)7-2-1-3-10-4-7/h1-5,8-9H,6H2. The van der Waals surface area contributed by atoms with Crippen LogP contribution in [0.4, 0.5) is 0 Å². The Hall–Kier alpha value is -0.480. The van der Waals surface area contributed by atoms with Gasteiger partial charge in [-0.05, 0) is 11.6 Å². The Kier molecular flexibility index (Phi) is 2.90. The predicted molar refractivity (Wildman–Crippen MR) is 56.9 cm³/mol. The highest BCUT2D eigenvalue weighted by atomic mass is 32.2. The minimum atomic E-state index is 0.162. The van der Waals surface area contributed by atoms with Crippen LogP contribution >= 0.6 is 23.5 Å². The number of aromatic nitrogens is 1. The molecule has 0 aromatic carbocycles. The number of rotatable bonds is 2. The molecule has 4 heteroatoms. The van der Waals surface area contributed by atoms with Crippen molar-refractivity contribution in [2.24, 2.45) is 0 Å². The molecule has 2 unspecified atom stereocenters. The second-order valence-corrected chi connectivity index (χ2v) is 5.55. The molecule has 2 heterocycles. The molecule has 0 radical (unpaired) electrons. The summed E-state index contributed by atoms with van der Waals surface area (Å²) in [5.74, 6) is 0.924. The Morgan fingerprint density at radius 1 is 1.62 bits per heavy atom. The summed E-state index contributed by atoms with van der Waals surface area (Å²) in [5, 5.41) is 0.162. The molecule has 2 nitrogen and oxygen atoms in total. The zero-order valence-corrected chi connectivity index (χ0v) is 8.55. The van der Waals surface area contributed by atoms with E-state index in [1.807, 2.05) is 24.0 Å². The molecular weight excluding hydrogens is 202 g/mol. The third-order valence-electron chi connectivity index (χ3n) is 1.82. The van der Waals surface area contributed by atoms with Crippen LogP contribution < -0.4 is 0 Å². The van der Waals surface area contributed by atoms with Crippen LogP contribution in [0, 0.1) is 0 Å². The van der Waals surface area contributed by atoms with Crippen molar-refractivity contribution in [1.82, 2.24) is 4.98 Å². The van der Waals surface area contributed by atoms with Gasteiger partial charge in [-0.25, -0.2) is 0 Å².